The van der Waals surface area contributed by atoms with Gasteiger partial charge in [0, 0.05) is 22.0 Å². The summed E-state index contributed by atoms with van der Waals surface area (Å²) in [6.07, 6.45) is 0.739. The SMILES string of the molecule is CN(C)CCCN1C(=O)C(=O)/C(=C(\O)c2ccc(Cl)cc2)C1c1cccs1. The van der Waals surface area contributed by atoms with E-state index >= 15 is 0 Å². The standard InChI is InChI=1S/C20H21ClN2O3S/c1-22(2)10-4-11-23-17(15-5-3-12-27-15)16(19(25)20(23)26)18(24)13-6-8-14(21)9-7-13/h3,5-9,12,17,24H,4,10-11H2,1-2H3/b18-16-. The van der Waals surface area contributed by atoms with Crippen molar-refractivity contribution in [3.8, 4) is 0 Å². The van der Waals surface area contributed by atoms with Gasteiger partial charge in [-0.25, -0.2) is 0 Å². The highest BCUT2D eigenvalue weighted by atomic mass is 35.5. The van der Waals surface area contributed by atoms with E-state index in [2.05, 4.69) is 0 Å². The van der Waals surface area contributed by atoms with Gasteiger partial charge in [0.15, 0.2) is 0 Å². The number of carbonyl (C=O) groups is 2. The Morgan fingerprint density at radius 2 is 1.93 bits per heavy atom. The summed E-state index contributed by atoms with van der Waals surface area (Å²) in [4.78, 5) is 29.9. The average Bonchev–Trinajstić information content (AvgIpc) is 3.24. The van der Waals surface area contributed by atoms with Gasteiger partial charge in [0.1, 0.15) is 5.76 Å². The summed E-state index contributed by atoms with van der Waals surface area (Å²) < 4.78 is 0. The second kappa shape index (κ2) is 8.25. The number of ketones is 1. The third-order valence-electron chi connectivity index (χ3n) is 4.47. The quantitative estimate of drug-likeness (QED) is 0.452. The highest BCUT2D eigenvalue weighted by Crippen LogP contribution is 2.41. The molecule has 1 aromatic carbocycles. The number of nitrogens with zero attached hydrogens (tertiary/aromatic N) is 2. The predicted octanol–water partition coefficient (Wildman–Crippen LogP) is 3.77. The summed E-state index contributed by atoms with van der Waals surface area (Å²) in [6, 6.07) is 9.76. The third-order valence-corrected chi connectivity index (χ3v) is 5.65. The Hall–Kier alpha value is -2.15. The molecule has 2 heterocycles. The second-order valence-electron chi connectivity index (χ2n) is 6.67. The summed E-state index contributed by atoms with van der Waals surface area (Å²) in [6.45, 7) is 1.25. The Kier molecular flexibility index (Phi) is 5.99. The van der Waals surface area contributed by atoms with Crippen LogP contribution in [-0.2, 0) is 9.59 Å². The van der Waals surface area contributed by atoms with Gasteiger partial charge in [-0.3, -0.25) is 9.59 Å². The molecule has 1 N–H and O–H groups in total. The molecule has 27 heavy (non-hydrogen) atoms. The average molecular weight is 405 g/mol. The van der Waals surface area contributed by atoms with E-state index in [1.807, 2.05) is 36.5 Å². The van der Waals surface area contributed by atoms with Crippen LogP contribution in [0.1, 0.15) is 22.9 Å². The zero-order chi connectivity index (χ0) is 19.6. The van der Waals surface area contributed by atoms with Gasteiger partial charge in [0.05, 0.1) is 11.6 Å². The molecule has 0 bridgehead atoms. The Bertz CT molecular complexity index is 860. The second-order valence-corrected chi connectivity index (χ2v) is 8.09. The molecule has 0 saturated carbocycles. The molecule has 5 nitrogen and oxygen atoms in total. The molecule has 1 aliphatic rings. The van der Waals surface area contributed by atoms with Crippen LogP contribution >= 0.6 is 22.9 Å². The van der Waals surface area contributed by atoms with Gasteiger partial charge in [-0.1, -0.05) is 17.7 Å². The number of amides is 1. The number of aliphatic hydroxyl groups excluding tert-OH is 1. The van der Waals surface area contributed by atoms with Gasteiger partial charge in [-0.05, 0) is 62.8 Å². The molecule has 0 radical (unpaired) electrons. The number of hydrogen-bond donors (Lipinski definition) is 1. The molecular weight excluding hydrogens is 384 g/mol. The lowest BCUT2D eigenvalue weighted by Gasteiger charge is -2.24. The van der Waals surface area contributed by atoms with E-state index in [9.17, 15) is 14.7 Å². The zero-order valence-corrected chi connectivity index (χ0v) is 16.8. The van der Waals surface area contributed by atoms with Crippen molar-refractivity contribution in [1.82, 2.24) is 9.80 Å². The number of halogens is 1. The molecule has 1 aromatic heterocycles. The number of carbonyl (C=O) groups excluding carboxylic acids is 2. The van der Waals surface area contributed by atoms with Crippen LogP contribution < -0.4 is 0 Å². The van der Waals surface area contributed by atoms with Crippen LogP contribution in [0.5, 0.6) is 0 Å². The largest absolute Gasteiger partial charge is 0.507 e. The lowest BCUT2D eigenvalue weighted by atomic mass is 10.00. The lowest BCUT2D eigenvalue weighted by Crippen LogP contribution is -2.32. The van der Waals surface area contributed by atoms with E-state index in [1.165, 1.54) is 11.3 Å². The topological polar surface area (TPSA) is 60.9 Å². The number of thiophene rings is 1. The molecule has 0 aliphatic carbocycles. The van der Waals surface area contributed by atoms with E-state index in [-0.39, 0.29) is 11.3 Å². The first-order valence-corrected chi connectivity index (χ1v) is 9.88. The minimum Gasteiger partial charge on any atom is -0.507 e. The molecule has 1 saturated heterocycles. The summed E-state index contributed by atoms with van der Waals surface area (Å²) in [5.41, 5.74) is 0.599. The molecule has 0 spiro atoms. The first-order chi connectivity index (χ1) is 12.9. The normalized spacial score (nSPS) is 19.3. The number of benzene rings is 1. The first-order valence-electron chi connectivity index (χ1n) is 8.62. The van der Waals surface area contributed by atoms with Crippen LogP contribution in [0.25, 0.3) is 5.76 Å². The molecule has 1 unspecified atom stereocenters. The van der Waals surface area contributed by atoms with Crippen LogP contribution in [-0.4, -0.2) is 53.8 Å². The van der Waals surface area contributed by atoms with Crippen LogP contribution in [0, 0.1) is 0 Å². The fourth-order valence-electron chi connectivity index (χ4n) is 3.17. The van der Waals surface area contributed by atoms with Crippen molar-refractivity contribution in [1.29, 1.82) is 0 Å². The smallest absolute Gasteiger partial charge is 0.295 e. The molecule has 1 fully saturated rings. The monoisotopic (exact) mass is 404 g/mol. The maximum absolute atomic E-state index is 12.8. The highest BCUT2D eigenvalue weighted by Gasteiger charge is 2.46. The zero-order valence-electron chi connectivity index (χ0n) is 15.2. The molecular formula is C20H21ClN2O3S. The van der Waals surface area contributed by atoms with Crippen LogP contribution in [0.3, 0.4) is 0 Å². The number of likely N-dealkylation sites (tertiary alicyclic amines) is 1. The van der Waals surface area contributed by atoms with E-state index in [4.69, 9.17) is 11.6 Å². The Balaban J connectivity index is 2.03. The van der Waals surface area contributed by atoms with E-state index in [1.54, 1.807) is 29.2 Å². The van der Waals surface area contributed by atoms with Crippen molar-refractivity contribution in [3.05, 3.63) is 62.8 Å². The summed E-state index contributed by atoms with van der Waals surface area (Å²) in [5, 5.41) is 13.3. The predicted molar refractivity (Wildman–Crippen MR) is 108 cm³/mol. The van der Waals surface area contributed by atoms with E-state index in [0.717, 1.165) is 17.8 Å². The van der Waals surface area contributed by atoms with Crippen molar-refractivity contribution >= 4 is 40.4 Å². The molecule has 1 aliphatic heterocycles. The van der Waals surface area contributed by atoms with Gasteiger partial charge in [-0.15, -0.1) is 11.3 Å². The Morgan fingerprint density at radius 1 is 1.22 bits per heavy atom. The Labute approximate surface area is 167 Å². The maximum Gasteiger partial charge on any atom is 0.295 e. The molecule has 3 rings (SSSR count). The molecule has 1 amide bonds. The van der Waals surface area contributed by atoms with Gasteiger partial charge in [0.25, 0.3) is 11.7 Å². The van der Waals surface area contributed by atoms with Crippen molar-refractivity contribution in [2.75, 3.05) is 27.2 Å². The van der Waals surface area contributed by atoms with Crippen molar-refractivity contribution in [2.45, 2.75) is 12.5 Å². The van der Waals surface area contributed by atoms with Gasteiger partial charge < -0.3 is 14.9 Å². The number of aliphatic hydroxyl groups is 1. The molecule has 7 heteroatoms. The minimum atomic E-state index is -0.647. The van der Waals surface area contributed by atoms with Gasteiger partial charge in [-0.2, -0.15) is 0 Å². The summed E-state index contributed by atoms with van der Waals surface area (Å²) >= 11 is 7.38. The van der Waals surface area contributed by atoms with Crippen molar-refractivity contribution in [3.63, 3.8) is 0 Å². The molecule has 1 atom stereocenters. The lowest BCUT2D eigenvalue weighted by molar-refractivity contribution is -0.139. The number of rotatable bonds is 6. The fraction of sp³-hybridized carbons (Fsp3) is 0.300. The van der Waals surface area contributed by atoms with E-state index < -0.39 is 17.7 Å². The third kappa shape index (κ3) is 4.08. The number of hydrogen-bond acceptors (Lipinski definition) is 5. The maximum atomic E-state index is 12.8. The van der Waals surface area contributed by atoms with E-state index in [0.29, 0.717) is 17.1 Å². The van der Waals surface area contributed by atoms with Crippen LogP contribution in [0.15, 0.2) is 47.4 Å². The molecule has 2 aromatic rings. The Morgan fingerprint density at radius 3 is 2.52 bits per heavy atom. The minimum absolute atomic E-state index is 0.134. The fourth-order valence-corrected chi connectivity index (χ4v) is 4.15. The summed E-state index contributed by atoms with van der Waals surface area (Å²) in [5.74, 6) is -1.38. The van der Waals surface area contributed by atoms with Gasteiger partial charge in [0.2, 0.25) is 0 Å². The summed E-state index contributed by atoms with van der Waals surface area (Å²) in [7, 11) is 3.93. The first kappa shape index (κ1) is 19.6. The molecule has 142 valence electrons. The van der Waals surface area contributed by atoms with Crippen LogP contribution in [0.2, 0.25) is 5.02 Å². The number of Topliss-reactive ketones (excluding diaryl/α,β-unsaturated/α-hetero) is 1. The van der Waals surface area contributed by atoms with Crippen molar-refractivity contribution < 1.29 is 14.7 Å². The van der Waals surface area contributed by atoms with Crippen molar-refractivity contribution in [2.24, 2.45) is 0 Å². The van der Waals surface area contributed by atoms with Gasteiger partial charge >= 0.3 is 0 Å². The highest BCUT2D eigenvalue weighted by molar-refractivity contribution is 7.10. The van der Waals surface area contributed by atoms with Crippen LogP contribution in [0.4, 0.5) is 0 Å².